The van der Waals surface area contributed by atoms with Gasteiger partial charge in [0.2, 0.25) is 0 Å². The van der Waals surface area contributed by atoms with E-state index in [0.717, 1.165) is 5.56 Å². The smallest absolute Gasteiger partial charge is 0.338 e. The van der Waals surface area contributed by atoms with Gasteiger partial charge in [0.15, 0.2) is 11.3 Å². The van der Waals surface area contributed by atoms with Gasteiger partial charge >= 0.3 is 5.97 Å². The van der Waals surface area contributed by atoms with E-state index in [1.807, 2.05) is 24.4 Å². The van der Waals surface area contributed by atoms with Crippen LogP contribution in [0.3, 0.4) is 0 Å². The molecule has 0 radical (unpaired) electrons. The molecule has 0 bridgehead atoms. The number of carbonyl (C=O) groups is 2. The summed E-state index contributed by atoms with van der Waals surface area (Å²) in [5.74, 6) is -1.07. The molecule has 1 unspecified atom stereocenters. The molecular formula is C19H17ClN4O3. The first kappa shape index (κ1) is 18.6. The lowest BCUT2D eigenvalue weighted by Gasteiger charge is -2.14. The van der Waals surface area contributed by atoms with Crippen LogP contribution >= 0.6 is 11.6 Å². The number of hydrogen-bond donors (Lipinski definition) is 1. The van der Waals surface area contributed by atoms with E-state index in [0.29, 0.717) is 17.8 Å². The summed E-state index contributed by atoms with van der Waals surface area (Å²) >= 11 is 5.90. The Balaban J connectivity index is 1.57. The lowest BCUT2D eigenvalue weighted by Crippen LogP contribution is -2.30. The first-order chi connectivity index (χ1) is 13.0. The molecule has 1 N–H and O–H groups in total. The molecule has 1 atom stereocenters. The molecule has 2 heterocycles. The standard InChI is InChI=1S/C19H17ClN4O3/c1-13(18(25)23-16-4-2-9-21-17(16)20)27-19(26)15-7-5-14(6-8-15)12-24-11-3-10-22-24/h2-11,13H,12H2,1H3,(H,23,25). The molecule has 138 valence electrons. The van der Waals surface area contributed by atoms with E-state index in [1.54, 1.807) is 35.1 Å². The van der Waals surface area contributed by atoms with E-state index in [-0.39, 0.29) is 5.15 Å². The van der Waals surface area contributed by atoms with Crippen molar-refractivity contribution in [3.63, 3.8) is 0 Å². The minimum absolute atomic E-state index is 0.164. The molecule has 0 aliphatic heterocycles. The lowest BCUT2D eigenvalue weighted by molar-refractivity contribution is -0.123. The Labute approximate surface area is 160 Å². The molecule has 2 aromatic heterocycles. The third-order valence-corrected chi connectivity index (χ3v) is 4.06. The number of anilines is 1. The van der Waals surface area contributed by atoms with E-state index in [2.05, 4.69) is 15.4 Å². The van der Waals surface area contributed by atoms with Crippen LogP contribution in [0.5, 0.6) is 0 Å². The van der Waals surface area contributed by atoms with Crippen molar-refractivity contribution in [2.24, 2.45) is 0 Å². The maximum absolute atomic E-state index is 12.2. The summed E-state index contributed by atoms with van der Waals surface area (Å²) in [6, 6.07) is 12.0. The fourth-order valence-electron chi connectivity index (χ4n) is 2.32. The number of pyridine rings is 1. The second-order valence-electron chi connectivity index (χ2n) is 5.78. The third kappa shape index (κ3) is 4.92. The van der Waals surface area contributed by atoms with Crippen molar-refractivity contribution in [3.8, 4) is 0 Å². The molecule has 0 fully saturated rings. The van der Waals surface area contributed by atoms with Crippen LogP contribution in [0.2, 0.25) is 5.15 Å². The van der Waals surface area contributed by atoms with Crippen LogP contribution in [0.25, 0.3) is 0 Å². The highest BCUT2D eigenvalue weighted by atomic mass is 35.5. The highest BCUT2D eigenvalue weighted by molar-refractivity contribution is 6.32. The van der Waals surface area contributed by atoms with Crippen LogP contribution in [0.1, 0.15) is 22.8 Å². The van der Waals surface area contributed by atoms with E-state index < -0.39 is 18.0 Å². The predicted octanol–water partition coefficient (Wildman–Crippen LogP) is 3.16. The van der Waals surface area contributed by atoms with Crippen LogP contribution < -0.4 is 5.32 Å². The topological polar surface area (TPSA) is 86.1 Å². The average Bonchev–Trinajstić information content (AvgIpc) is 3.17. The van der Waals surface area contributed by atoms with Gasteiger partial charge in [-0.2, -0.15) is 5.10 Å². The van der Waals surface area contributed by atoms with Gasteiger partial charge in [0.1, 0.15) is 0 Å². The lowest BCUT2D eigenvalue weighted by atomic mass is 10.1. The molecule has 7 nitrogen and oxygen atoms in total. The van der Waals surface area contributed by atoms with Crippen molar-refractivity contribution >= 4 is 29.2 Å². The zero-order valence-corrected chi connectivity index (χ0v) is 15.3. The monoisotopic (exact) mass is 384 g/mol. The molecule has 1 amide bonds. The van der Waals surface area contributed by atoms with Crippen LogP contribution in [0.4, 0.5) is 5.69 Å². The second-order valence-corrected chi connectivity index (χ2v) is 6.14. The minimum atomic E-state index is -0.988. The molecular weight excluding hydrogens is 368 g/mol. The number of carbonyl (C=O) groups excluding carboxylic acids is 2. The van der Waals surface area contributed by atoms with Crippen LogP contribution in [0, 0.1) is 0 Å². The number of aromatic nitrogens is 3. The molecule has 0 saturated heterocycles. The van der Waals surface area contributed by atoms with Gasteiger partial charge in [-0.1, -0.05) is 23.7 Å². The van der Waals surface area contributed by atoms with E-state index in [4.69, 9.17) is 16.3 Å². The molecule has 27 heavy (non-hydrogen) atoms. The summed E-state index contributed by atoms with van der Waals surface area (Å²) in [6.45, 7) is 2.09. The minimum Gasteiger partial charge on any atom is -0.449 e. The Kier molecular flexibility index (Phi) is 5.83. The van der Waals surface area contributed by atoms with Gasteiger partial charge < -0.3 is 10.1 Å². The molecule has 3 aromatic rings. The number of hydrogen-bond acceptors (Lipinski definition) is 5. The second kappa shape index (κ2) is 8.46. The Bertz CT molecular complexity index is 926. The van der Waals surface area contributed by atoms with Gasteiger partial charge in [0.25, 0.3) is 5.91 Å². The number of halogens is 1. The highest BCUT2D eigenvalue weighted by Crippen LogP contribution is 2.18. The summed E-state index contributed by atoms with van der Waals surface area (Å²) in [4.78, 5) is 28.3. The normalized spacial score (nSPS) is 11.6. The quantitative estimate of drug-likeness (QED) is 0.521. The Hall–Kier alpha value is -3.19. The van der Waals surface area contributed by atoms with Gasteiger partial charge in [-0.05, 0) is 42.8 Å². The van der Waals surface area contributed by atoms with Crippen molar-refractivity contribution in [3.05, 3.63) is 77.3 Å². The molecule has 8 heteroatoms. The number of amides is 1. The fourth-order valence-corrected chi connectivity index (χ4v) is 2.49. The van der Waals surface area contributed by atoms with E-state index in [9.17, 15) is 9.59 Å². The van der Waals surface area contributed by atoms with Gasteiger partial charge in [0.05, 0.1) is 17.8 Å². The largest absolute Gasteiger partial charge is 0.449 e. The van der Waals surface area contributed by atoms with Crippen LogP contribution in [0.15, 0.2) is 61.1 Å². The first-order valence-electron chi connectivity index (χ1n) is 8.21. The van der Waals surface area contributed by atoms with Gasteiger partial charge in [0, 0.05) is 18.6 Å². The van der Waals surface area contributed by atoms with Crippen molar-refractivity contribution in [2.75, 3.05) is 5.32 Å². The van der Waals surface area contributed by atoms with Crippen molar-refractivity contribution in [1.29, 1.82) is 0 Å². The zero-order valence-electron chi connectivity index (χ0n) is 14.5. The summed E-state index contributed by atoms with van der Waals surface area (Å²) in [7, 11) is 0. The van der Waals surface area contributed by atoms with Gasteiger partial charge in [-0.25, -0.2) is 9.78 Å². The number of nitrogens with zero attached hydrogens (tertiary/aromatic N) is 3. The first-order valence-corrected chi connectivity index (χ1v) is 8.59. The SMILES string of the molecule is CC(OC(=O)c1ccc(Cn2cccn2)cc1)C(=O)Nc1cccnc1Cl. The number of esters is 1. The maximum Gasteiger partial charge on any atom is 0.338 e. The average molecular weight is 385 g/mol. The number of nitrogens with one attached hydrogen (secondary N) is 1. The van der Waals surface area contributed by atoms with Crippen LogP contribution in [-0.2, 0) is 16.1 Å². The van der Waals surface area contributed by atoms with Gasteiger partial charge in [-0.3, -0.25) is 9.48 Å². The Morgan fingerprint density at radius 3 is 2.63 bits per heavy atom. The molecule has 0 aliphatic rings. The number of benzene rings is 1. The number of ether oxygens (including phenoxy) is 1. The van der Waals surface area contributed by atoms with Crippen LogP contribution in [-0.4, -0.2) is 32.7 Å². The predicted molar refractivity (Wildman–Crippen MR) is 101 cm³/mol. The summed E-state index contributed by atoms with van der Waals surface area (Å²) in [6.07, 6.45) is 4.09. The fraction of sp³-hybridized carbons (Fsp3) is 0.158. The molecule has 3 rings (SSSR count). The van der Waals surface area contributed by atoms with Crippen molar-refractivity contribution in [1.82, 2.24) is 14.8 Å². The van der Waals surface area contributed by atoms with Crippen molar-refractivity contribution in [2.45, 2.75) is 19.6 Å². The maximum atomic E-state index is 12.2. The van der Waals surface area contributed by atoms with E-state index in [1.165, 1.54) is 13.1 Å². The highest BCUT2D eigenvalue weighted by Gasteiger charge is 2.20. The molecule has 0 aliphatic carbocycles. The van der Waals surface area contributed by atoms with E-state index >= 15 is 0 Å². The van der Waals surface area contributed by atoms with Crippen molar-refractivity contribution < 1.29 is 14.3 Å². The summed E-state index contributed by atoms with van der Waals surface area (Å²) < 4.78 is 7.01. The Morgan fingerprint density at radius 2 is 1.96 bits per heavy atom. The zero-order chi connectivity index (χ0) is 19.2. The Morgan fingerprint density at radius 1 is 1.19 bits per heavy atom. The summed E-state index contributed by atoms with van der Waals surface area (Å²) in [5, 5.41) is 6.88. The summed E-state index contributed by atoms with van der Waals surface area (Å²) in [5.41, 5.74) is 1.71. The molecule has 0 spiro atoms. The van der Waals surface area contributed by atoms with Gasteiger partial charge in [-0.15, -0.1) is 0 Å². The number of rotatable bonds is 6. The molecule has 0 saturated carbocycles. The third-order valence-electron chi connectivity index (χ3n) is 3.76. The molecule has 1 aromatic carbocycles.